The number of hydrogen-bond donors (Lipinski definition) is 2. The lowest BCUT2D eigenvalue weighted by Gasteiger charge is -2.24. The molecular weight excluding hydrogens is 280 g/mol. The molecule has 1 aromatic carbocycles. The van der Waals surface area contributed by atoms with E-state index in [0.29, 0.717) is 13.0 Å². The Balaban J connectivity index is 2.06. The molecule has 2 rings (SSSR count). The van der Waals surface area contributed by atoms with Gasteiger partial charge in [-0.25, -0.2) is 0 Å². The molecule has 0 bridgehead atoms. The molecule has 0 aromatic heterocycles. The van der Waals surface area contributed by atoms with Gasteiger partial charge in [-0.15, -0.1) is 0 Å². The number of carboxylic acid groups (broad SMARTS) is 1. The van der Waals surface area contributed by atoms with Gasteiger partial charge in [0.25, 0.3) is 0 Å². The van der Waals surface area contributed by atoms with Crippen molar-refractivity contribution in [3.63, 3.8) is 0 Å². The number of nitrogens with one attached hydrogen (secondary N) is 1. The van der Waals surface area contributed by atoms with E-state index >= 15 is 0 Å². The van der Waals surface area contributed by atoms with E-state index in [0.717, 1.165) is 17.7 Å². The van der Waals surface area contributed by atoms with Gasteiger partial charge in [0.1, 0.15) is 6.04 Å². The van der Waals surface area contributed by atoms with Crippen molar-refractivity contribution in [1.29, 1.82) is 0 Å². The van der Waals surface area contributed by atoms with Gasteiger partial charge < -0.3 is 10.4 Å². The third kappa shape index (κ3) is 3.85. The van der Waals surface area contributed by atoms with Gasteiger partial charge in [0.15, 0.2) is 0 Å². The first-order valence-electron chi connectivity index (χ1n) is 7.65. The molecular formula is C17H24N2O3. The van der Waals surface area contributed by atoms with Crippen LogP contribution in [0.5, 0.6) is 0 Å². The van der Waals surface area contributed by atoms with Gasteiger partial charge in [-0.3, -0.25) is 14.5 Å². The number of benzene rings is 1. The number of para-hydroxylation sites is 1. The quantitative estimate of drug-likeness (QED) is 0.896. The Labute approximate surface area is 131 Å². The summed E-state index contributed by atoms with van der Waals surface area (Å²) in [4.78, 5) is 25.2. The first-order chi connectivity index (χ1) is 10.3. The summed E-state index contributed by atoms with van der Waals surface area (Å²) in [5, 5.41) is 12.1. The third-order valence-electron chi connectivity index (χ3n) is 4.00. The number of rotatable bonds is 4. The summed E-state index contributed by atoms with van der Waals surface area (Å²) in [5.74, 6) is -1.01. The van der Waals surface area contributed by atoms with E-state index in [-0.39, 0.29) is 17.9 Å². The number of carbonyl (C=O) groups excluding carboxylic acids is 1. The molecule has 120 valence electrons. The Bertz CT molecular complexity index is 563. The molecule has 1 fully saturated rings. The molecule has 1 amide bonds. The van der Waals surface area contributed by atoms with E-state index < -0.39 is 12.0 Å². The molecule has 5 heteroatoms. The van der Waals surface area contributed by atoms with Crippen molar-refractivity contribution in [1.82, 2.24) is 4.90 Å². The van der Waals surface area contributed by atoms with Crippen molar-refractivity contribution in [3.8, 4) is 0 Å². The van der Waals surface area contributed by atoms with Crippen LogP contribution in [0.15, 0.2) is 24.3 Å². The summed E-state index contributed by atoms with van der Waals surface area (Å²) in [6.07, 6.45) is 1.43. The monoisotopic (exact) mass is 304 g/mol. The lowest BCUT2D eigenvalue weighted by molar-refractivity contribution is -0.142. The Morgan fingerprint density at radius 1 is 1.32 bits per heavy atom. The highest BCUT2D eigenvalue weighted by molar-refractivity contribution is 5.93. The van der Waals surface area contributed by atoms with Gasteiger partial charge in [0, 0.05) is 5.69 Å². The van der Waals surface area contributed by atoms with Crippen LogP contribution < -0.4 is 5.32 Å². The van der Waals surface area contributed by atoms with E-state index in [1.165, 1.54) is 0 Å². The van der Waals surface area contributed by atoms with E-state index in [4.69, 9.17) is 5.11 Å². The number of carbonyl (C=O) groups is 2. The zero-order valence-corrected chi connectivity index (χ0v) is 13.4. The van der Waals surface area contributed by atoms with Gasteiger partial charge in [-0.05, 0) is 36.4 Å². The van der Waals surface area contributed by atoms with E-state index in [9.17, 15) is 9.59 Å². The normalized spacial score (nSPS) is 19.1. The minimum atomic E-state index is -0.847. The second-order valence-electron chi connectivity index (χ2n) is 6.81. The fourth-order valence-electron chi connectivity index (χ4n) is 2.92. The molecule has 0 aliphatic carbocycles. The van der Waals surface area contributed by atoms with Gasteiger partial charge in [0.2, 0.25) is 5.91 Å². The highest BCUT2D eigenvalue weighted by atomic mass is 16.4. The van der Waals surface area contributed by atoms with E-state index in [1.54, 1.807) is 4.90 Å². The number of carboxylic acids is 1. The SMILES string of the molecule is CC(C)(C)c1ccccc1NC(=O)CN1CCC[C@H]1C(=O)O. The highest BCUT2D eigenvalue weighted by Crippen LogP contribution is 2.29. The van der Waals surface area contributed by atoms with Crippen molar-refractivity contribution >= 4 is 17.6 Å². The zero-order chi connectivity index (χ0) is 16.3. The maximum absolute atomic E-state index is 12.3. The Morgan fingerprint density at radius 3 is 2.64 bits per heavy atom. The van der Waals surface area contributed by atoms with Crippen LogP contribution in [-0.4, -0.2) is 41.0 Å². The second-order valence-corrected chi connectivity index (χ2v) is 6.81. The third-order valence-corrected chi connectivity index (χ3v) is 4.00. The summed E-state index contributed by atoms with van der Waals surface area (Å²) >= 11 is 0. The second kappa shape index (κ2) is 6.48. The van der Waals surface area contributed by atoms with Crippen LogP contribution in [0, 0.1) is 0 Å². The van der Waals surface area contributed by atoms with Crippen molar-refractivity contribution in [2.75, 3.05) is 18.4 Å². The molecule has 1 saturated heterocycles. The molecule has 1 aliphatic heterocycles. The number of nitrogens with zero attached hydrogens (tertiary/aromatic N) is 1. The Morgan fingerprint density at radius 2 is 2.00 bits per heavy atom. The topological polar surface area (TPSA) is 69.6 Å². The smallest absolute Gasteiger partial charge is 0.320 e. The maximum Gasteiger partial charge on any atom is 0.320 e. The van der Waals surface area contributed by atoms with Gasteiger partial charge >= 0.3 is 5.97 Å². The number of likely N-dealkylation sites (tertiary alicyclic amines) is 1. The molecule has 0 unspecified atom stereocenters. The number of anilines is 1. The fraction of sp³-hybridized carbons (Fsp3) is 0.529. The van der Waals surface area contributed by atoms with Crippen LogP contribution in [0.4, 0.5) is 5.69 Å². The predicted octanol–water partition coefficient (Wildman–Crippen LogP) is 2.47. The fourth-order valence-corrected chi connectivity index (χ4v) is 2.92. The Kier molecular flexibility index (Phi) is 4.86. The van der Waals surface area contributed by atoms with E-state index in [2.05, 4.69) is 26.1 Å². The lowest BCUT2D eigenvalue weighted by atomic mass is 9.86. The summed E-state index contributed by atoms with van der Waals surface area (Å²) < 4.78 is 0. The van der Waals surface area contributed by atoms with Crippen LogP contribution in [0.1, 0.15) is 39.2 Å². The summed E-state index contributed by atoms with van der Waals surface area (Å²) in [6, 6.07) is 7.20. The predicted molar refractivity (Wildman–Crippen MR) is 86.0 cm³/mol. The first-order valence-corrected chi connectivity index (χ1v) is 7.65. The van der Waals surface area contributed by atoms with Gasteiger partial charge in [-0.1, -0.05) is 39.0 Å². The van der Waals surface area contributed by atoms with Crippen molar-refractivity contribution in [2.45, 2.75) is 45.1 Å². The molecule has 0 radical (unpaired) electrons. The summed E-state index contributed by atoms with van der Waals surface area (Å²) in [7, 11) is 0. The molecule has 0 spiro atoms. The molecule has 0 saturated carbocycles. The van der Waals surface area contributed by atoms with Crippen LogP contribution in [0.2, 0.25) is 0 Å². The van der Waals surface area contributed by atoms with Crippen LogP contribution in [0.25, 0.3) is 0 Å². The van der Waals surface area contributed by atoms with Crippen molar-refractivity contribution < 1.29 is 14.7 Å². The maximum atomic E-state index is 12.3. The lowest BCUT2D eigenvalue weighted by Crippen LogP contribution is -2.41. The van der Waals surface area contributed by atoms with Crippen LogP contribution >= 0.6 is 0 Å². The molecule has 5 nitrogen and oxygen atoms in total. The van der Waals surface area contributed by atoms with Crippen molar-refractivity contribution in [2.24, 2.45) is 0 Å². The van der Waals surface area contributed by atoms with Gasteiger partial charge in [-0.2, -0.15) is 0 Å². The highest BCUT2D eigenvalue weighted by Gasteiger charge is 2.31. The standard InChI is InChI=1S/C17H24N2O3/c1-17(2,3)12-7-4-5-8-13(12)18-15(20)11-19-10-6-9-14(19)16(21)22/h4-5,7-8,14H,6,9-11H2,1-3H3,(H,18,20)(H,21,22)/t14-/m0/s1. The summed E-state index contributed by atoms with van der Waals surface area (Å²) in [5.41, 5.74) is 1.80. The molecule has 1 atom stereocenters. The first kappa shape index (κ1) is 16.5. The number of hydrogen-bond acceptors (Lipinski definition) is 3. The number of amides is 1. The number of aliphatic carboxylic acids is 1. The average molecular weight is 304 g/mol. The van der Waals surface area contributed by atoms with Crippen LogP contribution in [0.3, 0.4) is 0 Å². The minimum absolute atomic E-state index is 0.0683. The Hall–Kier alpha value is -1.88. The van der Waals surface area contributed by atoms with E-state index in [1.807, 2.05) is 24.3 Å². The summed E-state index contributed by atoms with van der Waals surface area (Å²) in [6.45, 7) is 7.07. The molecule has 1 aliphatic rings. The largest absolute Gasteiger partial charge is 0.480 e. The minimum Gasteiger partial charge on any atom is -0.480 e. The van der Waals surface area contributed by atoms with Crippen molar-refractivity contribution in [3.05, 3.63) is 29.8 Å². The van der Waals surface area contributed by atoms with Gasteiger partial charge in [0.05, 0.1) is 6.54 Å². The zero-order valence-electron chi connectivity index (χ0n) is 13.4. The molecule has 1 aromatic rings. The molecule has 2 N–H and O–H groups in total. The average Bonchev–Trinajstić information content (AvgIpc) is 2.86. The molecule has 1 heterocycles. The molecule has 22 heavy (non-hydrogen) atoms. The van der Waals surface area contributed by atoms with Crippen LogP contribution in [-0.2, 0) is 15.0 Å².